The van der Waals surface area contributed by atoms with E-state index in [1.807, 2.05) is 54.7 Å². The number of ether oxygens (including phenoxy) is 1. The van der Waals surface area contributed by atoms with E-state index in [0.717, 1.165) is 66.2 Å². The molecule has 36 heavy (non-hydrogen) atoms. The largest absolute Gasteiger partial charge is 0.489 e. The maximum Gasteiger partial charge on any atom is 0.335 e. The van der Waals surface area contributed by atoms with Crippen molar-refractivity contribution in [2.24, 2.45) is 0 Å². The first-order chi connectivity index (χ1) is 17.7. The van der Waals surface area contributed by atoms with E-state index in [0.29, 0.717) is 6.61 Å². The molecule has 0 radical (unpaired) electrons. The fraction of sp³-hybridized carbons (Fsp3) is 0.200. The van der Waals surface area contributed by atoms with Crippen molar-refractivity contribution >= 4 is 28.6 Å². The van der Waals surface area contributed by atoms with Gasteiger partial charge in [-0.25, -0.2) is 9.78 Å². The molecule has 0 spiro atoms. The summed E-state index contributed by atoms with van der Waals surface area (Å²) >= 11 is 0. The molecule has 5 rings (SSSR count). The van der Waals surface area contributed by atoms with E-state index in [2.05, 4.69) is 45.1 Å². The highest BCUT2D eigenvalue weighted by molar-refractivity contribution is 5.88. The molecule has 0 saturated carbocycles. The van der Waals surface area contributed by atoms with Crippen LogP contribution in [0, 0.1) is 0 Å². The number of anilines is 1. The zero-order valence-corrected chi connectivity index (χ0v) is 20.1. The minimum Gasteiger partial charge on any atom is -0.489 e. The van der Waals surface area contributed by atoms with Crippen LogP contribution >= 0.6 is 0 Å². The van der Waals surface area contributed by atoms with Gasteiger partial charge in [0.05, 0.1) is 5.56 Å². The van der Waals surface area contributed by atoms with E-state index in [1.165, 1.54) is 0 Å². The third-order valence-electron chi connectivity index (χ3n) is 6.46. The van der Waals surface area contributed by atoms with Crippen molar-refractivity contribution in [3.63, 3.8) is 0 Å². The van der Waals surface area contributed by atoms with Gasteiger partial charge in [-0.1, -0.05) is 60.7 Å². The third kappa shape index (κ3) is 5.73. The summed E-state index contributed by atoms with van der Waals surface area (Å²) in [6.07, 6.45) is 3.95. The van der Waals surface area contributed by atoms with Gasteiger partial charge in [0.1, 0.15) is 18.2 Å². The number of fused-ring (bicyclic) bond motifs is 1. The molecule has 2 heterocycles. The summed E-state index contributed by atoms with van der Waals surface area (Å²) in [5.41, 5.74) is 2.38. The molecule has 6 nitrogen and oxygen atoms in total. The maximum absolute atomic E-state index is 11.2. The number of pyridine rings is 1. The number of carboxylic acid groups (broad SMARTS) is 1. The summed E-state index contributed by atoms with van der Waals surface area (Å²) in [7, 11) is 0. The van der Waals surface area contributed by atoms with E-state index in [-0.39, 0.29) is 5.56 Å². The van der Waals surface area contributed by atoms with Crippen LogP contribution in [0.3, 0.4) is 0 Å². The first-order valence-corrected chi connectivity index (χ1v) is 12.2. The van der Waals surface area contributed by atoms with Crippen LogP contribution in [0.2, 0.25) is 0 Å². The Morgan fingerprint density at radius 2 is 1.64 bits per heavy atom. The van der Waals surface area contributed by atoms with Crippen molar-refractivity contribution in [1.29, 1.82) is 0 Å². The van der Waals surface area contributed by atoms with Crippen molar-refractivity contribution in [1.82, 2.24) is 9.88 Å². The van der Waals surface area contributed by atoms with Gasteiger partial charge in [0.25, 0.3) is 0 Å². The summed E-state index contributed by atoms with van der Waals surface area (Å²) < 4.78 is 6.34. The van der Waals surface area contributed by atoms with Gasteiger partial charge in [0, 0.05) is 44.3 Å². The molecule has 0 aliphatic carbocycles. The predicted octanol–water partition coefficient (Wildman–Crippen LogP) is 5.22. The lowest BCUT2D eigenvalue weighted by atomic mass is 10.1. The van der Waals surface area contributed by atoms with Gasteiger partial charge >= 0.3 is 5.97 Å². The first-order valence-electron chi connectivity index (χ1n) is 12.2. The van der Waals surface area contributed by atoms with Gasteiger partial charge in [0.15, 0.2) is 0 Å². The standard InChI is InChI=1S/C30H29N3O3/c34-30(35)26-13-11-23(12-14-26)20-24(22-36-28-9-5-7-25-6-1-2-8-27(25)28)21-32-16-18-33(19-17-32)29-10-3-4-15-31-29/h1-15,20H,16-19,21-22H2,(H,34,35)/b24-20-. The van der Waals surface area contributed by atoms with Crippen LogP contribution in [0.1, 0.15) is 15.9 Å². The highest BCUT2D eigenvalue weighted by Gasteiger charge is 2.19. The molecule has 0 bridgehead atoms. The second-order valence-electron chi connectivity index (χ2n) is 8.95. The highest BCUT2D eigenvalue weighted by atomic mass is 16.5. The van der Waals surface area contributed by atoms with E-state index in [1.54, 1.807) is 12.1 Å². The lowest BCUT2D eigenvalue weighted by Gasteiger charge is -2.35. The zero-order valence-electron chi connectivity index (χ0n) is 20.1. The Kier molecular flexibility index (Phi) is 7.24. The third-order valence-corrected chi connectivity index (χ3v) is 6.46. The molecule has 1 fully saturated rings. The van der Waals surface area contributed by atoms with Gasteiger partial charge in [-0.05, 0) is 46.9 Å². The Labute approximate surface area is 211 Å². The molecule has 1 aromatic heterocycles. The van der Waals surface area contributed by atoms with Crippen LogP contribution in [0.15, 0.2) is 96.7 Å². The summed E-state index contributed by atoms with van der Waals surface area (Å²) in [4.78, 5) is 20.5. The number of hydrogen-bond donors (Lipinski definition) is 1. The molecule has 182 valence electrons. The Hall–Kier alpha value is -4.16. The Morgan fingerprint density at radius 3 is 2.39 bits per heavy atom. The molecule has 0 unspecified atom stereocenters. The smallest absolute Gasteiger partial charge is 0.335 e. The van der Waals surface area contributed by atoms with E-state index < -0.39 is 5.97 Å². The van der Waals surface area contributed by atoms with Crippen molar-refractivity contribution in [2.75, 3.05) is 44.2 Å². The lowest BCUT2D eigenvalue weighted by Crippen LogP contribution is -2.47. The summed E-state index contributed by atoms with van der Waals surface area (Å²) in [5, 5.41) is 11.5. The topological polar surface area (TPSA) is 65.9 Å². The molecule has 6 heteroatoms. The fourth-order valence-electron chi connectivity index (χ4n) is 4.55. The first kappa shape index (κ1) is 23.6. The quantitative estimate of drug-likeness (QED) is 0.374. The van der Waals surface area contributed by atoms with Crippen LogP contribution in [-0.2, 0) is 0 Å². The summed E-state index contributed by atoms with van der Waals surface area (Å²) in [5.74, 6) is 0.960. The number of aromatic nitrogens is 1. The SMILES string of the molecule is O=C(O)c1ccc(/C=C(\COc2cccc3ccccc23)CN2CCN(c3ccccn3)CC2)cc1. The van der Waals surface area contributed by atoms with Crippen LogP contribution < -0.4 is 9.64 Å². The van der Waals surface area contributed by atoms with Crippen LogP contribution in [0.4, 0.5) is 5.82 Å². The fourth-order valence-corrected chi connectivity index (χ4v) is 4.55. The minimum absolute atomic E-state index is 0.284. The van der Waals surface area contributed by atoms with Gasteiger partial charge in [-0.3, -0.25) is 4.90 Å². The number of carboxylic acids is 1. The molecular formula is C30H29N3O3. The van der Waals surface area contributed by atoms with Gasteiger partial charge in [0.2, 0.25) is 0 Å². The number of aromatic carboxylic acids is 1. The molecule has 1 N–H and O–H groups in total. The van der Waals surface area contributed by atoms with E-state index >= 15 is 0 Å². The second-order valence-corrected chi connectivity index (χ2v) is 8.95. The number of hydrogen-bond acceptors (Lipinski definition) is 5. The van der Waals surface area contributed by atoms with Crippen LogP contribution in [0.5, 0.6) is 5.75 Å². The van der Waals surface area contributed by atoms with Crippen molar-refractivity contribution in [3.05, 3.63) is 108 Å². The summed E-state index contributed by atoms with van der Waals surface area (Å²) in [6, 6.07) is 27.3. The van der Waals surface area contributed by atoms with E-state index in [4.69, 9.17) is 4.74 Å². The number of benzene rings is 3. The summed E-state index contributed by atoms with van der Waals surface area (Å²) in [6.45, 7) is 4.93. The Morgan fingerprint density at radius 1 is 0.889 bits per heavy atom. The molecule has 0 amide bonds. The van der Waals surface area contributed by atoms with E-state index in [9.17, 15) is 9.90 Å². The normalized spacial score (nSPS) is 14.7. The molecule has 1 aliphatic heterocycles. The Bertz CT molecular complexity index is 1340. The average molecular weight is 480 g/mol. The molecular weight excluding hydrogens is 450 g/mol. The Balaban J connectivity index is 1.32. The molecule has 4 aromatic rings. The highest BCUT2D eigenvalue weighted by Crippen LogP contribution is 2.26. The van der Waals surface area contributed by atoms with Crippen molar-refractivity contribution in [3.8, 4) is 5.75 Å². The monoisotopic (exact) mass is 479 g/mol. The number of rotatable bonds is 8. The molecule has 1 aliphatic rings. The van der Waals surface area contributed by atoms with Crippen molar-refractivity contribution < 1.29 is 14.6 Å². The number of nitrogens with zero attached hydrogens (tertiary/aromatic N) is 3. The minimum atomic E-state index is -0.921. The second kappa shape index (κ2) is 11.1. The molecule has 0 atom stereocenters. The average Bonchev–Trinajstić information content (AvgIpc) is 2.93. The van der Waals surface area contributed by atoms with Gasteiger partial charge < -0.3 is 14.7 Å². The number of piperazine rings is 1. The van der Waals surface area contributed by atoms with Crippen LogP contribution in [-0.4, -0.2) is 60.3 Å². The lowest BCUT2D eigenvalue weighted by molar-refractivity contribution is 0.0697. The van der Waals surface area contributed by atoms with Gasteiger partial charge in [-0.2, -0.15) is 0 Å². The number of carbonyl (C=O) groups is 1. The van der Waals surface area contributed by atoms with Crippen molar-refractivity contribution in [2.45, 2.75) is 0 Å². The predicted molar refractivity (Wildman–Crippen MR) is 144 cm³/mol. The van der Waals surface area contributed by atoms with Crippen LogP contribution in [0.25, 0.3) is 16.8 Å². The van der Waals surface area contributed by atoms with Gasteiger partial charge in [-0.15, -0.1) is 0 Å². The molecule has 3 aromatic carbocycles. The zero-order chi connectivity index (χ0) is 24.7. The molecule has 1 saturated heterocycles. The maximum atomic E-state index is 11.2.